The van der Waals surface area contributed by atoms with Gasteiger partial charge in [-0.15, -0.1) is 6.58 Å². The van der Waals surface area contributed by atoms with E-state index in [-0.39, 0.29) is 17.5 Å². The first-order valence-electron chi connectivity index (χ1n) is 7.54. The SMILES string of the molecule is C=C[C@H]1[C@H]2CC[C@@H](O)[C@]21CCCCCCC(=O)OC. The Morgan fingerprint density at radius 1 is 1.37 bits per heavy atom. The molecule has 0 spiro atoms. The van der Waals surface area contributed by atoms with Gasteiger partial charge in [0.05, 0.1) is 13.2 Å². The molecule has 0 heterocycles. The molecule has 2 aliphatic rings. The van der Waals surface area contributed by atoms with Crippen LogP contribution in [-0.2, 0) is 9.53 Å². The van der Waals surface area contributed by atoms with Crippen LogP contribution in [0.3, 0.4) is 0 Å². The molecular weight excluding hydrogens is 240 g/mol. The van der Waals surface area contributed by atoms with Gasteiger partial charge in [0.15, 0.2) is 0 Å². The van der Waals surface area contributed by atoms with E-state index >= 15 is 0 Å². The minimum Gasteiger partial charge on any atom is -0.469 e. The third-order valence-electron chi connectivity index (χ3n) is 5.23. The van der Waals surface area contributed by atoms with Crippen molar-refractivity contribution in [3.8, 4) is 0 Å². The summed E-state index contributed by atoms with van der Waals surface area (Å²) in [7, 11) is 1.44. The average molecular weight is 266 g/mol. The summed E-state index contributed by atoms with van der Waals surface area (Å²) in [5, 5.41) is 10.2. The van der Waals surface area contributed by atoms with E-state index in [4.69, 9.17) is 0 Å². The minimum atomic E-state index is -0.115. The van der Waals surface area contributed by atoms with Crippen molar-refractivity contribution in [2.24, 2.45) is 17.3 Å². The second-order valence-electron chi connectivity index (χ2n) is 6.06. The number of methoxy groups -OCH3 is 1. The van der Waals surface area contributed by atoms with E-state index in [0.717, 1.165) is 38.5 Å². The predicted octanol–water partition coefficient (Wildman–Crippen LogP) is 3.07. The van der Waals surface area contributed by atoms with Crippen LogP contribution in [0, 0.1) is 17.3 Å². The molecule has 0 amide bonds. The normalized spacial score (nSPS) is 35.8. The van der Waals surface area contributed by atoms with Crippen LogP contribution >= 0.6 is 0 Å². The Balaban J connectivity index is 1.63. The number of unbranched alkanes of at least 4 members (excludes halogenated alkanes) is 3. The number of aliphatic hydroxyl groups is 1. The monoisotopic (exact) mass is 266 g/mol. The highest BCUT2D eigenvalue weighted by Crippen LogP contribution is 2.71. The predicted molar refractivity (Wildman–Crippen MR) is 74.6 cm³/mol. The summed E-state index contributed by atoms with van der Waals surface area (Å²) in [6, 6.07) is 0. The molecule has 19 heavy (non-hydrogen) atoms. The van der Waals surface area contributed by atoms with Gasteiger partial charge in [-0.25, -0.2) is 0 Å². The Labute approximate surface area is 116 Å². The maximum Gasteiger partial charge on any atom is 0.305 e. The summed E-state index contributed by atoms with van der Waals surface area (Å²) in [5.41, 5.74) is 0.171. The third-order valence-corrected chi connectivity index (χ3v) is 5.23. The van der Waals surface area contributed by atoms with Gasteiger partial charge >= 0.3 is 5.97 Å². The van der Waals surface area contributed by atoms with Crippen LogP contribution in [0.2, 0.25) is 0 Å². The first kappa shape index (κ1) is 14.6. The molecule has 2 rings (SSSR count). The van der Waals surface area contributed by atoms with Gasteiger partial charge in [0.25, 0.3) is 0 Å². The van der Waals surface area contributed by atoms with E-state index in [2.05, 4.69) is 11.3 Å². The number of hydrogen-bond donors (Lipinski definition) is 1. The largest absolute Gasteiger partial charge is 0.469 e. The van der Waals surface area contributed by atoms with Gasteiger partial charge in [0.1, 0.15) is 0 Å². The molecule has 0 radical (unpaired) electrons. The molecule has 2 fully saturated rings. The molecule has 0 aromatic heterocycles. The number of allylic oxidation sites excluding steroid dienone is 1. The Morgan fingerprint density at radius 2 is 2.11 bits per heavy atom. The van der Waals surface area contributed by atoms with Gasteiger partial charge in [0.2, 0.25) is 0 Å². The number of esters is 1. The van der Waals surface area contributed by atoms with Crippen molar-refractivity contribution in [3.63, 3.8) is 0 Å². The number of fused-ring (bicyclic) bond motifs is 1. The summed E-state index contributed by atoms with van der Waals surface area (Å²) in [4.78, 5) is 11.0. The van der Waals surface area contributed by atoms with Gasteiger partial charge in [-0.05, 0) is 37.5 Å². The van der Waals surface area contributed by atoms with Crippen molar-refractivity contribution in [3.05, 3.63) is 12.7 Å². The summed E-state index contributed by atoms with van der Waals surface area (Å²) in [6.07, 6.45) is 10.00. The van der Waals surface area contributed by atoms with E-state index in [9.17, 15) is 9.90 Å². The van der Waals surface area contributed by atoms with Crippen LogP contribution < -0.4 is 0 Å². The first-order chi connectivity index (χ1) is 9.16. The molecule has 4 atom stereocenters. The second-order valence-corrected chi connectivity index (χ2v) is 6.06. The lowest BCUT2D eigenvalue weighted by atomic mass is 9.90. The molecule has 3 nitrogen and oxygen atoms in total. The van der Waals surface area contributed by atoms with Crippen LogP contribution in [0.15, 0.2) is 12.7 Å². The topological polar surface area (TPSA) is 46.5 Å². The second kappa shape index (κ2) is 6.08. The lowest BCUT2D eigenvalue weighted by Gasteiger charge is -2.20. The van der Waals surface area contributed by atoms with Crippen LogP contribution in [0.4, 0.5) is 0 Å². The van der Waals surface area contributed by atoms with Crippen molar-refractivity contribution in [2.75, 3.05) is 7.11 Å². The van der Waals surface area contributed by atoms with Gasteiger partial charge < -0.3 is 9.84 Å². The van der Waals surface area contributed by atoms with Gasteiger partial charge in [0, 0.05) is 11.8 Å². The van der Waals surface area contributed by atoms with Crippen molar-refractivity contribution in [1.29, 1.82) is 0 Å². The molecule has 2 saturated carbocycles. The molecule has 0 aromatic rings. The molecule has 0 unspecified atom stereocenters. The first-order valence-corrected chi connectivity index (χ1v) is 7.54. The molecule has 0 aromatic carbocycles. The minimum absolute atomic E-state index is 0.112. The highest BCUT2D eigenvalue weighted by molar-refractivity contribution is 5.68. The zero-order valence-electron chi connectivity index (χ0n) is 11.9. The average Bonchev–Trinajstić information content (AvgIpc) is 2.95. The van der Waals surface area contributed by atoms with Crippen LogP contribution in [0.5, 0.6) is 0 Å². The maximum absolute atomic E-state index is 11.0. The Kier molecular flexibility index (Phi) is 4.67. The number of rotatable bonds is 8. The Hall–Kier alpha value is -0.830. The summed E-state index contributed by atoms with van der Waals surface area (Å²) in [6.45, 7) is 3.91. The molecule has 2 aliphatic carbocycles. The highest BCUT2D eigenvalue weighted by atomic mass is 16.5. The van der Waals surface area contributed by atoms with Crippen molar-refractivity contribution in [2.45, 2.75) is 57.5 Å². The number of aliphatic hydroxyl groups excluding tert-OH is 1. The fourth-order valence-electron chi connectivity index (χ4n) is 4.16. The Bertz CT molecular complexity index is 339. The number of hydrogen-bond acceptors (Lipinski definition) is 3. The molecule has 0 bridgehead atoms. The molecule has 1 N–H and O–H groups in total. The highest BCUT2D eigenvalue weighted by Gasteiger charge is 2.68. The number of carbonyl (C=O) groups is 1. The zero-order valence-corrected chi connectivity index (χ0v) is 11.9. The summed E-state index contributed by atoms with van der Waals surface area (Å²) in [5.74, 6) is 1.13. The molecule has 0 saturated heterocycles. The number of carbonyl (C=O) groups excluding carboxylic acids is 1. The van der Waals surface area contributed by atoms with E-state index in [0.29, 0.717) is 18.3 Å². The van der Waals surface area contributed by atoms with Crippen molar-refractivity contribution < 1.29 is 14.6 Å². The lowest BCUT2D eigenvalue weighted by molar-refractivity contribution is -0.140. The maximum atomic E-state index is 11.0. The van der Waals surface area contributed by atoms with E-state index in [1.807, 2.05) is 6.08 Å². The van der Waals surface area contributed by atoms with Gasteiger partial charge in [-0.3, -0.25) is 4.79 Å². The van der Waals surface area contributed by atoms with E-state index in [1.165, 1.54) is 13.5 Å². The fourth-order valence-corrected chi connectivity index (χ4v) is 4.16. The van der Waals surface area contributed by atoms with Crippen molar-refractivity contribution in [1.82, 2.24) is 0 Å². The smallest absolute Gasteiger partial charge is 0.305 e. The van der Waals surface area contributed by atoms with Crippen LogP contribution in [0.1, 0.15) is 51.4 Å². The molecule has 3 heteroatoms. The molecule has 0 aliphatic heterocycles. The van der Waals surface area contributed by atoms with E-state index in [1.54, 1.807) is 0 Å². The van der Waals surface area contributed by atoms with Gasteiger partial charge in [-0.2, -0.15) is 0 Å². The lowest BCUT2D eigenvalue weighted by Crippen LogP contribution is -2.21. The third kappa shape index (κ3) is 2.71. The van der Waals surface area contributed by atoms with Crippen LogP contribution in [-0.4, -0.2) is 24.3 Å². The van der Waals surface area contributed by atoms with Crippen molar-refractivity contribution >= 4 is 5.97 Å². The molecule has 108 valence electrons. The molecular formula is C16H26O3. The Morgan fingerprint density at radius 3 is 2.74 bits per heavy atom. The zero-order chi connectivity index (χ0) is 13.9. The quantitative estimate of drug-likeness (QED) is 0.417. The van der Waals surface area contributed by atoms with E-state index < -0.39 is 0 Å². The summed E-state index contributed by atoms with van der Waals surface area (Å²) < 4.78 is 4.62. The van der Waals surface area contributed by atoms with Crippen LogP contribution in [0.25, 0.3) is 0 Å². The number of ether oxygens (including phenoxy) is 1. The van der Waals surface area contributed by atoms with Gasteiger partial charge in [-0.1, -0.05) is 25.3 Å². The standard InChI is InChI=1S/C16H26O3/c1-3-12-13-9-10-14(17)16(12,13)11-7-5-4-6-8-15(18)19-2/h3,12-14,17H,1,4-11H2,2H3/t12-,13+,14+,16-/m0/s1. The fraction of sp³-hybridized carbons (Fsp3) is 0.812. The summed E-state index contributed by atoms with van der Waals surface area (Å²) >= 11 is 0.